The van der Waals surface area contributed by atoms with Crippen molar-refractivity contribution in [1.29, 1.82) is 0 Å². The molecule has 0 aliphatic rings. The Labute approximate surface area is 96.2 Å². The molecule has 0 heterocycles. The topological polar surface area (TPSA) is 0 Å². The minimum absolute atomic E-state index is 0. The molecular formula is C8H20Ce. The van der Waals surface area contributed by atoms with Crippen LogP contribution in [-0.4, -0.2) is 0 Å². The molecule has 0 nitrogen and oxygen atoms in total. The number of hydrogen-bond acceptors (Lipinski definition) is 0. The van der Waals surface area contributed by atoms with Crippen molar-refractivity contribution < 1.29 is 41.7 Å². The third-order valence-corrected chi connectivity index (χ3v) is 0. The van der Waals surface area contributed by atoms with Crippen molar-refractivity contribution in [2.75, 3.05) is 0 Å². The van der Waals surface area contributed by atoms with Gasteiger partial charge in [0.2, 0.25) is 0 Å². The second kappa shape index (κ2) is 347. The third kappa shape index (κ3) is 269. The van der Waals surface area contributed by atoms with Gasteiger partial charge in [0.25, 0.3) is 0 Å². The molecule has 0 atom stereocenters. The first-order chi connectivity index (χ1) is 4.00. The molecule has 0 saturated carbocycles. The molecular weight excluding hydrogens is 236 g/mol. The van der Waals surface area contributed by atoms with Crippen molar-refractivity contribution in [3.63, 3.8) is 0 Å². The quantitative estimate of drug-likeness (QED) is 0.583. The molecule has 1 heteroatoms. The molecule has 56 valence electrons. The van der Waals surface area contributed by atoms with Crippen LogP contribution in [0.15, 0.2) is 0 Å². The molecule has 0 aliphatic carbocycles. The van der Waals surface area contributed by atoms with E-state index in [1.807, 2.05) is 0 Å². The fourth-order valence-corrected chi connectivity index (χ4v) is 0. The third-order valence-electron chi connectivity index (χ3n) is 0. The van der Waals surface area contributed by atoms with Crippen LogP contribution in [0.25, 0.3) is 0 Å². The van der Waals surface area contributed by atoms with E-state index in [4.69, 9.17) is 0 Å². The molecule has 0 saturated heterocycles. The molecule has 0 aromatic heterocycles. The molecule has 0 aliphatic heterocycles. The van der Waals surface area contributed by atoms with Crippen molar-refractivity contribution in [3.8, 4) is 0 Å². The van der Waals surface area contributed by atoms with Crippen LogP contribution in [0.5, 0.6) is 0 Å². The fraction of sp³-hybridized carbons (Fsp3) is 0.500. The van der Waals surface area contributed by atoms with Gasteiger partial charge >= 0.3 is 41.7 Å². The zero-order valence-corrected chi connectivity index (χ0v) is 10.5. The normalized spacial score (nSPS) is 2.67. The monoisotopic (exact) mass is 256 g/mol. The van der Waals surface area contributed by atoms with E-state index in [1.165, 1.54) is 0 Å². The Balaban J connectivity index is -0.00000000762. The molecule has 0 unspecified atom stereocenters. The van der Waals surface area contributed by atoms with E-state index in [0.29, 0.717) is 0 Å². The molecule has 0 rings (SSSR count). The van der Waals surface area contributed by atoms with E-state index in [-0.39, 0.29) is 41.7 Å². The Kier molecular flexibility index (Phi) is 1220. The SMILES string of the molecule is [CH2-]C.[CH2-]C.[CH2-]C.[CH2-]C.[Ce+4]. The largest absolute Gasteiger partial charge is 4.00 e. The second-order valence-electron chi connectivity index (χ2n) is 0. The van der Waals surface area contributed by atoms with Crippen LogP contribution in [-0.2, 0) is 0 Å². The van der Waals surface area contributed by atoms with Crippen LogP contribution in [0.3, 0.4) is 0 Å². The van der Waals surface area contributed by atoms with E-state index < -0.39 is 0 Å². The van der Waals surface area contributed by atoms with Gasteiger partial charge in [-0.25, -0.2) is 0 Å². The summed E-state index contributed by atoms with van der Waals surface area (Å²) in [6.07, 6.45) is 0. The van der Waals surface area contributed by atoms with Crippen molar-refractivity contribution >= 4 is 0 Å². The smallest absolute Gasteiger partial charge is 0.346 e. The van der Waals surface area contributed by atoms with Crippen molar-refractivity contribution in [2.24, 2.45) is 0 Å². The maximum Gasteiger partial charge on any atom is 4.00 e. The minimum Gasteiger partial charge on any atom is -0.346 e. The van der Waals surface area contributed by atoms with Crippen LogP contribution in [0.4, 0.5) is 0 Å². The average Bonchev–Trinajstić information content (AvgIpc) is 2.03. The van der Waals surface area contributed by atoms with E-state index in [0.717, 1.165) is 0 Å². The summed E-state index contributed by atoms with van der Waals surface area (Å²) < 4.78 is 0. The average molecular weight is 256 g/mol. The van der Waals surface area contributed by atoms with Gasteiger partial charge in [-0.3, -0.25) is 0 Å². The fourth-order valence-electron chi connectivity index (χ4n) is 0. The molecule has 0 radical (unpaired) electrons. The van der Waals surface area contributed by atoms with Gasteiger partial charge in [-0.15, -0.1) is 0 Å². The van der Waals surface area contributed by atoms with Crippen LogP contribution < -0.4 is 0 Å². The van der Waals surface area contributed by atoms with Gasteiger partial charge in [-0.05, 0) is 0 Å². The molecule has 0 N–H and O–H groups in total. The van der Waals surface area contributed by atoms with Gasteiger partial charge in [-0.1, -0.05) is 0 Å². The summed E-state index contributed by atoms with van der Waals surface area (Å²) in [6, 6.07) is 0. The number of rotatable bonds is 0. The molecule has 0 spiro atoms. The van der Waals surface area contributed by atoms with Gasteiger partial charge < -0.3 is 27.7 Å². The zero-order valence-electron chi connectivity index (χ0n) is 7.33. The summed E-state index contributed by atoms with van der Waals surface area (Å²) in [5.41, 5.74) is 0. The Bertz CT molecular complexity index is 4.53. The molecule has 0 bridgehead atoms. The van der Waals surface area contributed by atoms with Gasteiger partial charge in [-0.2, -0.15) is 27.7 Å². The molecule has 0 aromatic carbocycles. The summed E-state index contributed by atoms with van der Waals surface area (Å²) in [6.45, 7) is 20.0. The molecule has 0 fully saturated rings. The minimum atomic E-state index is 0. The summed E-state index contributed by atoms with van der Waals surface area (Å²) in [5, 5.41) is 0. The zero-order chi connectivity index (χ0) is 8.00. The Hall–Kier alpha value is 1.38. The summed E-state index contributed by atoms with van der Waals surface area (Å²) in [7, 11) is 0. The van der Waals surface area contributed by atoms with E-state index >= 15 is 0 Å². The first kappa shape index (κ1) is 31.6. The Morgan fingerprint density at radius 2 is 0.444 bits per heavy atom. The Morgan fingerprint density at radius 1 is 0.444 bits per heavy atom. The van der Waals surface area contributed by atoms with Crippen molar-refractivity contribution in [2.45, 2.75) is 27.7 Å². The maximum absolute atomic E-state index is 3.25. The molecule has 9 heavy (non-hydrogen) atoms. The Morgan fingerprint density at radius 3 is 0.444 bits per heavy atom. The first-order valence-corrected chi connectivity index (χ1v) is 2.83. The van der Waals surface area contributed by atoms with Crippen molar-refractivity contribution in [3.05, 3.63) is 27.7 Å². The molecule has 0 amide bonds. The van der Waals surface area contributed by atoms with Crippen LogP contribution >= 0.6 is 0 Å². The summed E-state index contributed by atoms with van der Waals surface area (Å²) in [5.74, 6) is 0. The van der Waals surface area contributed by atoms with Gasteiger partial charge in [0, 0.05) is 0 Å². The van der Waals surface area contributed by atoms with Crippen LogP contribution in [0.1, 0.15) is 27.7 Å². The van der Waals surface area contributed by atoms with Gasteiger partial charge in [0.05, 0.1) is 0 Å². The van der Waals surface area contributed by atoms with Crippen molar-refractivity contribution in [1.82, 2.24) is 0 Å². The predicted octanol–water partition coefficient (Wildman–Crippen LogP) is 3.36. The van der Waals surface area contributed by atoms with E-state index in [2.05, 4.69) is 27.7 Å². The van der Waals surface area contributed by atoms with E-state index in [1.54, 1.807) is 27.7 Å². The predicted molar refractivity (Wildman–Crippen MR) is 44.1 cm³/mol. The number of hydrogen-bond donors (Lipinski definition) is 0. The van der Waals surface area contributed by atoms with Gasteiger partial charge in [0.1, 0.15) is 0 Å². The van der Waals surface area contributed by atoms with Crippen LogP contribution in [0, 0.1) is 69.4 Å². The van der Waals surface area contributed by atoms with Crippen LogP contribution in [0.2, 0.25) is 0 Å². The van der Waals surface area contributed by atoms with Gasteiger partial charge in [0.15, 0.2) is 0 Å². The van der Waals surface area contributed by atoms with E-state index in [9.17, 15) is 0 Å². The second-order valence-corrected chi connectivity index (χ2v) is 0. The summed E-state index contributed by atoms with van der Waals surface area (Å²) in [4.78, 5) is 0. The molecule has 0 aromatic rings. The summed E-state index contributed by atoms with van der Waals surface area (Å²) >= 11 is 0. The first-order valence-electron chi connectivity index (χ1n) is 2.83. The standard InChI is InChI=1S/4C2H5.Ce/c4*1-2;/h4*1H2,2H3;/q4*-1;+4. The maximum atomic E-state index is 3.25.